The van der Waals surface area contributed by atoms with Crippen molar-refractivity contribution in [2.75, 3.05) is 60.7 Å². The molecule has 1 N–H and O–H groups in total. The normalized spacial score (nSPS) is 17.7. The van der Waals surface area contributed by atoms with Crippen molar-refractivity contribution in [3.63, 3.8) is 0 Å². The minimum absolute atomic E-state index is 0. The van der Waals surface area contributed by atoms with Gasteiger partial charge in [0.25, 0.3) is 0 Å². The maximum atomic E-state index is 6.00. The molecule has 1 aromatic heterocycles. The maximum Gasteiger partial charge on any atom is 0.194 e. The summed E-state index contributed by atoms with van der Waals surface area (Å²) in [6.07, 6.45) is 0.931. The number of methoxy groups -OCH3 is 2. The van der Waals surface area contributed by atoms with Gasteiger partial charge in [-0.25, -0.2) is 0 Å². The molecule has 1 unspecified atom stereocenters. The highest BCUT2D eigenvalue weighted by atomic mass is 127. The standard InChI is InChI=1S/C24H34N4O4.HI/c1-17-5-6-21(32-17)20(27-9-11-31-12-10-27)15-26-24(25-2)28-8-7-18-13-22(29-3)23(30-4)14-19(18)16-28;/h5-6,13-14,20H,7-12,15-16H2,1-4H3,(H,25,26);1H. The van der Waals surface area contributed by atoms with E-state index in [9.17, 15) is 0 Å². The van der Waals surface area contributed by atoms with Crippen molar-refractivity contribution in [2.45, 2.75) is 25.9 Å². The average Bonchev–Trinajstić information content (AvgIpc) is 3.27. The fraction of sp³-hybridized carbons (Fsp3) is 0.542. The van der Waals surface area contributed by atoms with Crippen molar-refractivity contribution < 1.29 is 18.6 Å². The fourth-order valence-electron chi connectivity index (χ4n) is 4.52. The second-order valence-electron chi connectivity index (χ2n) is 8.19. The zero-order chi connectivity index (χ0) is 22.5. The first-order valence-electron chi connectivity index (χ1n) is 11.2. The number of aryl methyl sites for hydroxylation is 1. The SMILES string of the molecule is CN=C(NCC(c1ccc(C)o1)N1CCOCC1)N1CCc2cc(OC)c(OC)cc2C1.I. The third kappa shape index (κ3) is 5.93. The quantitative estimate of drug-likeness (QED) is 0.325. The van der Waals surface area contributed by atoms with Crippen molar-refractivity contribution >= 4 is 29.9 Å². The Bertz CT molecular complexity index is 943. The lowest BCUT2D eigenvalue weighted by Gasteiger charge is -2.36. The third-order valence-electron chi connectivity index (χ3n) is 6.26. The van der Waals surface area contributed by atoms with Gasteiger partial charge < -0.3 is 28.8 Å². The Balaban J connectivity index is 0.00000306. The van der Waals surface area contributed by atoms with Crippen LogP contribution in [-0.2, 0) is 17.7 Å². The summed E-state index contributed by atoms with van der Waals surface area (Å²) in [5.74, 6) is 4.35. The number of nitrogens with one attached hydrogen (secondary N) is 1. The lowest BCUT2D eigenvalue weighted by atomic mass is 9.99. The molecule has 1 atom stereocenters. The van der Waals surface area contributed by atoms with Gasteiger partial charge in [-0.1, -0.05) is 0 Å². The molecule has 3 heterocycles. The summed E-state index contributed by atoms with van der Waals surface area (Å²) in [5.41, 5.74) is 2.54. The number of nitrogens with zero attached hydrogens (tertiary/aromatic N) is 3. The van der Waals surface area contributed by atoms with Crippen LogP contribution < -0.4 is 14.8 Å². The van der Waals surface area contributed by atoms with Gasteiger partial charge in [0.2, 0.25) is 0 Å². The van der Waals surface area contributed by atoms with Crippen molar-refractivity contribution in [3.8, 4) is 11.5 Å². The molecule has 0 spiro atoms. The predicted octanol–water partition coefficient (Wildman–Crippen LogP) is 3.23. The molecular weight excluding hydrogens is 535 g/mol. The first-order valence-corrected chi connectivity index (χ1v) is 11.2. The number of fused-ring (bicyclic) bond motifs is 1. The zero-order valence-electron chi connectivity index (χ0n) is 19.9. The molecule has 2 aromatic rings. The van der Waals surface area contributed by atoms with Crippen LogP contribution in [0.4, 0.5) is 0 Å². The summed E-state index contributed by atoms with van der Waals surface area (Å²) >= 11 is 0. The van der Waals surface area contributed by atoms with Crippen LogP contribution in [0.1, 0.15) is 28.7 Å². The molecule has 4 rings (SSSR count). The molecule has 1 fully saturated rings. The Hall–Kier alpha value is -1.98. The lowest BCUT2D eigenvalue weighted by molar-refractivity contribution is 0.0123. The van der Waals surface area contributed by atoms with Gasteiger partial charge in [0.1, 0.15) is 11.5 Å². The van der Waals surface area contributed by atoms with Gasteiger partial charge in [-0.2, -0.15) is 0 Å². The van der Waals surface area contributed by atoms with E-state index in [0.717, 1.165) is 81.3 Å². The Labute approximate surface area is 213 Å². The van der Waals surface area contributed by atoms with Crippen LogP contribution in [0, 0.1) is 6.92 Å². The molecule has 2 aliphatic rings. The molecule has 0 amide bonds. The van der Waals surface area contributed by atoms with Crippen LogP contribution in [0.3, 0.4) is 0 Å². The smallest absolute Gasteiger partial charge is 0.194 e. The fourth-order valence-corrected chi connectivity index (χ4v) is 4.52. The van der Waals surface area contributed by atoms with E-state index in [2.05, 4.69) is 38.3 Å². The number of hydrogen-bond acceptors (Lipinski definition) is 6. The lowest BCUT2D eigenvalue weighted by Crippen LogP contribution is -2.48. The molecule has 1 saturated heterocycles. The van der Waals surface area contributed by atoms with Crippen molar-refractivity contribution in [3.05, 3.63) is 46.9 Å². The Kier molecular flexibility index (Phi) is 9.27. The van der Waals surface area contributed by atoms with Gasteiger partial charge in [0.05, 0.1) is 33.5 Å². The van der Waals surface area contributed by atoms with Gasteiger partial charge in [0, 0.05) is 39.8 Å². The van der Waals surface area contributed by atoms with Crippen LogP contribution in [0.15, 0.2) is 33.7 Å². The zero-order valence-corrected chi connectivity index (χ0v) is 22.3. The summed E-state index contributed by atoms with van der Waals surface area (Å²) in [6.45, 7) is 7.66. The molecule has 1 aromatic carbocycles. The molecule has 0 radical (unpaired) electrons. The maximum absolute atomic E-state index is 6.00. The number of hydrogen-bond donors (Lipinski definition) is 1. The summed E-state index contributed by atoms with van der Waals surface area (Å²) in [6, 6.07) is 8.41. The highest BCUT2D eigenvalue weighted by Crippen LogP contribution is 2.33. The van der Waals surface area contributed by atoms with Crippen LogP contribution in [0.2, 0.25) is 0 Å². The molecule has 33 heavy (non-hydrogen) atoms. The molecule has 0 saturated carbocycles. The monoisotopic (exact) mass is 570 g/mol. The highest BCUT2D eigenvalue weighted by Gasteiger charge is 2.27. The second kappa shape index (κ2) is 11.9. The Morgan fingerprint density at radius 3 is 2.39 bits per heavy atom. The van der Waals surface area contributed by atoms with E-state index in [1.165, 1.54) is 11.1 Å². The Morgan fingerprint density at radius 2 is 1.79 bits per heavy atom. The predicted molar refractivity (Wildman–Crippen MR) is 139 cm³/mol. The number of ether oxygens (including phenoxy) is 3. The van der Waals surface area contributed by atoms with E-state index >= 15 is 0 Å². The summed E-state index contributed by atoms with van der Waals surface area (Å²) in [7, 11) is 5.19. The van der Waals surface area contributed by atoms with Crippen molar-refractivity contribution in [1.29, 1.82) is 0 Å². The van der Waals surface area contributed by atoms with Gasteiger partial charge in [-0.05, 0) is 48.7 Å². The summed E-state index contributed by atoms with van der Waals surface area (Å²) < 4.78 is 22.5. The number of guanidine groups is 1. The van der Waals surface area contributed by atoms with E-state index in [1.807, 2.05) is 20.0 Å². The van der Waals surface area contributed by atoms with Gasteiger partial charge in [-0.3, -0.25) is 9.89 Å². The summed E-state index contributed by atoms with van der Waals surface area (Å²) in [5, 5.41) is 3.60. The largest absolute Gasteiger partial charge is 0.493 e. The van der Waals surface area contributed by atoms with Crippen molar-refractivity contribution in [2.24, 2.45) is 4.99 Å². The minimum Gasteiger partial charge on any atom is -0.493 e. The number of rotatable bonds is 6. The van der Waals surface area contributed by atoms with E-state index in [1.54, 1.807) is 14.2 Å². The number of benzene rings is 1. The second-order valence-corrected chi connectivity index (χ2v) is 8.19. The number of halogens is 1. The van der Waals surface area contributed by atoms with E-state index in [0.29, 0.717) is 0 Å². The number of furan rings is 1. The molecule has 9 heteroatoms. The van der Waals surface area contributed by atoms with Crippen LogP contribution in [0.5, 0.6) is 11.5 Å². The first-order chi connectivity index (χ1) is 15.6. The third-order valence-corrected chi connectivity index (χ3v) is 6.26. The summed E-state index contributed by atoms with van der Waals surface area (Å²) in [4.78, 5) is 9.29. The van der Waals surface area contributed by atoms with E-state index in [-0.39, 0.29) is 30.0 Å². The first kappa shape index (κ1) is 25.6. The van der Waals surface area contributed by atoms with Crippen LogP contribution in [-0.4, -0.2) is 76.4 Å². The molecule has 0 bridgehead atoms. The molecule has 2 aliphatic heterocycles. The highest BCUT2D eigenvalue weighted by molar-refractivity contribution is 14.0. The average molecular weight is 570 g/mol. The van der Waals surface area contributed by atoms with Gasteiger partial charge in [0.15, 0.2) is 17.5 Å². The van der Waals surface area contributed by atoms with Gasteiger partial charge >= 0.3 is 0 Å². The molecule has 182 valence electrons. The molecule has 8 nitrogen and oxygen atoms in total. The minimum atomic E-state index is 0. The van der Waals surface area contributed by atoms with Crippen LogP contribution in [0.25, 0.3) is 0 Å². The van der Waals surface area contributed by atoms with Crippen molar-refractivity contribution in [1.82, 2.24) is 15.1 Å². The number of morpholine rings is 1. The van der Waals surface area contributed by atoms with E-state index < -0.39 is 0 Å². The van der Waals surface area contributed by atoms with Gasteiger partial charge in [-0.15, -0.1) is 24.0 Å². The Morgan fingerprint density at radius 1 is 1.09 bits per heavy atom. The number of aliphatic imine (C=N–C) groups is 1. The van der Waals surface area contributed by atoms with E-state index in [4.69, 9.17) is 18.6 Å². The molecular formula is C24H35IN4O4. The molecule has 0 aliphatic carbocycles. The topological polar surface area (TPSA) is 71.7 Å². The van der Waals surface area contributed by atoms with Crippen LogP contribution >= 0.6 is 24.0 Å².